The van der Waals surface area contributed by atoms with E-state index in [0.29, 0.717) is 32.4 Å². The molecule has 0 radical (unpaired) electrons. The van der Waals surface area contributed by atoms with Crippen molar-refractivity contribution in [2.45, 2.75) is 37.1 Å². The number of hydrogen-bond donors (Lipinski definition) is 1. The minimum Gasteiger partial charge on any atom is -0.343 e. The molecule has 1 N–H and O–H groups in total. The number of piperidine rings is 1. The van der Waals surface area contributed by atoms with E-state index in [1.54, 1.807) is 11.8 Å². The van der Waals surface area contributed by atoms with Gasteiger partial charge in [0.15, 0.2) is 0 Å². The Hall–Kier alpha value is -1.05. The summed E-state index contributed by atoms with van der Waals surface area (Å²) in [6.07, 6.45) is 3.06. The van der Waals surface area contributed by atoms with Crippen molar-refractivity contribution in [2.75, 3.05) is 25.1 Å². The summed E-state index contributed by atoms with van der Waals surface area (Å²) < 4.78 is 25.1. The second-order valence-electron chi connectivity index (χ2n) is 5.96. The molecular formula is C16H24N2O3S2. The maximum absolute atomic E-state index is 12.2. The summed E-state index contributed by atoms with van der Waals surface area (Å²) in [7, 11) is -3.17. The molecule has 1 aliphatic heterocycles. The number of nitrogens with one attached hydrogen (secondary N) is 1. The zero-order valence-electron chi connectivity index (χ0n) is 13.6. The smallest absolute Gasteiger partial charge is 0.223 e. The molecule has 1 amide bonds. The van der Waals surface area contributed by atoms with Gasteiger partial charge in [-0.1, -0.05) is 17.7 Å². The Balaban J connectivity index is 1.70. The second-order valence-corrected chi connectivity index (χ2v) is 8.90. The van der Waals surface area contributed by atoms with Crippen LogP contribution in [0.5, 0.6) is 0 Å². The van der Waals surface area contributed by atoms with Crippen LogP contribution in [0.2, 0.25) is 0 Å². The van der Waals surface area contributed by atoms with Crippen molar-refractivity contribution in [1.82, 2.24) is 9.62 Å². The monoisotopic (exact) mass is 356 g/mol. The Morgan fingerprint density at radius 3 is 2.43 bits per heavy atom. The first-order chi connectivity index (χ1) is 10.8. The first-order valence-electron chi connectivity index (χ1n) is 7.78. The van der Waals surface area contributed by atoms with Gasteiger partial charge in [0, 0.05) is 36.2 Å². The van der Waals surface area contributed by atoms with Crippen LogP contribution in [0.4, 0.5) is 0 Å². The number of amides is 1. The molecule has 0 aromatic heterocycles. The van der Waals surface area contributed by atoms with Crippen LogP contribution in [-0.2, 0) is 14.8 Å². The zero-order valence-corrected chi connectivity index (χ0v) is 15.3. The van der Waals surface area contributed by atoms with Gasteiger partial charge in [-0.3, -0.25) is 4.79 Å². The fourth-order valence-corrected chi connectivity index (χ4v) is 4.28. The molecule has 1 saturated heterocycles. The average molecular weight is 357 g/mol. The second kappa shape index (κ2) is 8.17. The standard InChI is InChI=1S/C16H24N2O3S2/c1-13-3-5-15(6-4-13)22-12-9-16(19)18-10-7-14(8-11-18)17-23(2,20)21/h3-6,14,17H,7-12H2,1-2H3. The summed E-state index contributed by atoms with van der Waals surface area (Å²) >= 11 is 1.69. The van der Waals surface area contributed by atoms with Crippen LogP contribution in [0.15, 0.2) is 29.2 Å². The van der Waals surface area contributed by atoms with Crippen molar-refractivity contribution >= 4 is 27.7 Å². The Kier molecular flexibility index (Phi) is 6.50. The molecule has 7 heteroatoms. The van der Waals surface area contributed by atoms with Gasteiger partial charge in [0.2, 0.25) is 15.9 Å². The lowest BCUT2D eigenvalue weighted by molar-refractivity contribution is -0.131. The molecule has 2 rings (SSSR count). The number of carbonyl (C=O) groups excluding carboxylic acids is 1. The van der Waals surface area contributed by atoms with E-state index in [1.807, 2.05) is 4.90 Å². The molecule has 0 aliphatic carbocycles. The van der Waals surface area contributed by atoms with E-state index in [4.69, 9.17) is 0 Å². The van der Waals surface area contributed by atoms with Gasteiger partial charge < -0.3 is 4.90 Å². The summed E-state index contributed by atoms with van der Waals surface area (Å²) in [6.45, 7) is 3.31. The molecular weight excluding hydrogens is 332 g/mol. The van der Waals surface area contributed by atoms with E-state index >= 15 is 0 Å². The molecule has 128 valence electrons. The number of aryl methyl sites for hydroxylation is 1. The topological polar surface area (TPSA) is 66.5 Å². The molecule has 0 atom stereocenters. The van der Waals surface area contributed by atoms with E-state index in [9.17, 15) is 13.2 Å². The van der Waals surface area contributed by atoms with Gasteiger partial charge in [-0.25, -0.2) is 13.1 Å². The van der Waals surface area contributed by atoms with Crippen molar-refractivity contribution in [2.24, 2.45) is 0 Å². The third-order valence-corrected chi connectivity index (χ3v) is 5.61. The lowest BCUT2D eigenvalue weighted by atomic mass is 10.1. The van der Waals surface area contributed by atoms with Crippen molar-refractivity contribution in [1.29, 1.82) is 0 Å². The van der Waals surface area contributed by atoms with Crippen LogP contribution in [0.3, 0.4) is 0 Å². The molecule has 0 spiro atoms. The number of thioether (sulfide) groups is 1. The predicted molar refractivity (Wildman–Crippen MR) is 94.1 cm³/mol. The molecule has 0 unspecified atom stereocenters. The predicted octanol–water partition coefficient (Wildman–Crippen LogP) is 2.02. The molecule has 23 heavy (non-hydrogen) atoms. The number of rotatable bonds is 6. The molecule has 1 aliphatic rings. The third kappa shape index (κ3) is 6.53. The lowest BCUT2D eigenvalue weighted by Crippen LogP contribution is -2.46. The highest BCUT2D eigenvalue weighted by atomic mass is 32.2. The van der Waals surface area contributed by atoms with Crippen LogP contribution in [-0.4, -0.2) is 50.4 Å². The average Bonchev–Trinajstić information content (AvgIpc) is 2.48. The Labute approximate surface area is 142 Å². The van der Waals surface area contributed by atoms with Crippen molar-refractivity contribution in [3.8, 4) is 0 Å². The van der Waals surface area contributed by atoms with Gasteiger partial charge in [-0.05, 0) is 31.9 Å². The number of carbonyl (C=O) groups is 1. The SMILES string of the molecule is Cc1ccc(SCCC(=O)N2CCC(NS(C)(=O)=O)CC2)cc1. The summed E-state index contributed by atoms with van der Waals surface area (Å²) in [6, 6.07) is 8.25. The van der Waals surface area contributed by atoms with E-state index < -0.39 is 10.0 Å². The van der Waals surface area contributed by atoms with E-state index in [0.717, 1.165) is 5.75 Å². The Bertz CT molecular complexity index is 621. The van der Waals surface area contributed by atoms with E-state index in [1.165, 1.54) is 16.7 Å². The van der Waals surface area contributed by atoms with Gasteiger partial charge in [-0.15, -0.1) is 11.8 Å². The molecule has 1 aromatic carbocycles. The van der Waals surface area contributed by atoms with Gasteiger partial charge in [0.05, 0.1) is 6.26 Å². The Morgan fingerprint density at radius 1 is 1.26 bits per heavy atom. The molecule has 0 bridgehead atoms. The maximum Gasteiger partial charge on any atom is 0.223 e. The van der Waals surface area contributed by atoms with Crippen LogP contribution in [0.25, 0.3) is 0 Å². The van der Waals surface area contributed by atoms with Gasteiger partial charge in [0.25, 0.3) is 0 Å². The van der Waals surface area contributed by atoms with E-state index in [2.05, 4.69) is 35.9 Å². The number of benzene rings is 1. The fraction of sp³-hybridized carbons (Fsp3) is 0.562. The van der Waals surface area contributed by atoms with Gasteiger partial charge in [0.1, 0.15) is 0 Å². The Morgan fingerprint density at radius 2 is 1.87 bits per heavy atom. The first kappa shape index (κ1) is 18.3. The summed E-state index contributed by atoms with van der Waals surface area (Å²) in [5.41, 5.74) is 1.23. The van der Waals surface area contributed by atoms with Crippen molar-refractivity contribution in [3.05, 3.63) is 29.8 Å². The number of hydrogen-bond acceptors (Lipinski definition) is 4. The maximum atomic E-state index is 12.2. The summed E-state index contributed by atoms with van der Waals surface area (Å²) in [5, 5.41) is 0. The van der Waals surface area contributed by atoms with Crippen LogP contribution in [0.1, 0.15) is 24.8 Å². The third-order valence-electron chi connectivity index (χ3n) is 3.83. The number of sulfonamides is 1. The van der Waals surface area contributed by atoms with Crippen molar-refractivity contribution < 1.29 is 13.2 Å². The number of nitrogens with zero attached hydrogens (tertiary/aromatic N) is 1. The van der Waals surface area contributed by atoms with Gasteiger partial charge >= 0.3 is 0 Å². The van der Waals surface area contributed by atoms with Crippen molar-refractivity contribution in [3.63, 3.8) is 0 Å². The molecule has 5 nitrogen and oxygen atoms in total. The molecule has 1 fully saturated rings. The highest BCUT2D eigenvalue weighted by Crippen LogP contribution is 2.20. The van der Waals surface area contributed by atoms with E-state index in [-0.39, 0.29) is 11.9 Å². The molecule has 0 saturated carbocycles. The number of likely N-dealkylation sites (tertiary alicyclic amines) is 1. The molecule has 1 heterocycles. The quantitative estimate of drug-likeness (QED) is 0.792. The normalized spacial score (nSPS) is 16.5. The van der Waals surface area contributed by atoms with Crippen LogP contribution >= 0.6 is 11.8 Å². The van der Waals surface area contributed by atoms with Crippen LogP contribution < -0.4 is 4.72 Å². The highest BCUT2D eigenvalue weighted by molar-refractivity contribution is 7.99. The fourth-order valence-electron chi connectivity index (χ4n) is 2.60. The zero-order chi connectivity index (χ0) is 16.9. The minimum atomic E-state index is -3.17. The summed E-state index contributed by atoms with van der Waals surface area (Å²) in [5.74, 6) is 0.922. The molecule has 1 aromatic rings. The first-order valence-corrected chi connectivity index (χ1v) is 10.7. The summed E-state index contributed by atoms with van der Waals surface area (Å²) in [4.78, 5) is 15.2. The largest absolute Gasteiger partial charge is 0.343 e. The minimum absolute atomic E-state index is 0.0454. The highest BCUT2D eigenvalue weighted by Gasteiger charge is 2.24. The van der Waals surface area contributed by atoms with Gasteiger partial charge in [-0.2, -0.15) is 0 Å². The van der Waals surface area contributed by atoms with Crippen LogP contribution in [0, 0.1) is 6.92 Å². The lowest BCUT2D eigenvalue weighted by Gasteiger charge is -2.32.